The molecule has 0 saturated heterocycles. The Balaban J connectivity index is 2.90. The minimum Gasteiger partial charge on any atom is -0.394 e. The lowest BCUT2D eigenvalue weighted by Gasteiger charge is -2.09. The second-order valence-corrected chi connectivity index (χ2v) is 4.29. The van der Waals surface area contributed by atoms with E-state index in [1.807, 2.05) is 13.8 Å². The van der Waals surface area contributed by atoms with Crippen molar-refractivity contribution < 1.29 is 0 Å². The largest absolute Gasteiger partial charge is 0.394 e. The summed E-state index contributed by atoms with van der Waals surface area (Å²) in [5.41, 5.74) is 7.37. The Morgan fingerprint density at radius 2 is 2.07 bits per heavy atom. The van der Waals surface area contributed by atoms with Crippen molar-refractivity contribution in [3.8, 4) is 0 Å². The number of aryl methyl sites for hydroxylation is 1. The number of hydrogen-bond acceptors (Lipinski definition) is 5. The van der Waals surface area contributed by atoms with Crippen molar-refractivity contribution in [2.75, 3.05) is 23.3 Å². The Hall–Kier alpha value is -0.970. The number of nitrogens with zero attached hydrogens (tertiary/aromatic N) is 2. The molecule has 1 aromatic rings. The third-order valence-corrected chi connectivity index (χ3v) is 2.95. The fourth-order valence-electron chi connectivity index (χ4n) is 1.12. The highest BCUT2D eigenvalue weighted by Crippen LogP contribution is 2.23. The molecule has 0 aliphatic rings. The zero-order chi connectivity index (χ0) is 11.3. The molecule has 1 aromatic heterocycles. The smallest absolute Gasteiger partial charge is 0.189 e. The Morgan fingerprint density at radius 1 is 1.33 bits per heavy atom. The predicted molar refractivity (Wildman–Crippen MR) is 66.4 cm³/mol. The summed E-state index contributed by atoms with van der Waals surface area (Å²) >= 11 is 1.67. The summed E-state index contributed by atoms with van der Waals surface area (Å²) in [6.07, 6.45) is 1.12. The SMILES string of the molecule is CCCSc1nc(C)c(N)c(NCC)n1. The van der Waals surface area contributed by atoms with Crippen LogP contribution in [0.1, 0.15) is 26.0 Å². The molecule has 0 fully saturated rings. The Morgan fingerprint density at radius 3 is 2.67 bits per heavy atom. The second kappa shape index (κ2) is 5.80. The van der Waals surface area contributed by atoms with E-state index in [1.54, 1.807) is 11.8 Å². The average molecular weight is 226 g/mol. The van der Waals surface area contributed by atoms with Gasteiger partial charge in [-0.15, -0.1) is 0 Å². The number of aromatic nitrogens is 2. The van der Waals surface area contributed by atoms with E-state index in [4.69, 9.17) is 5.73 Å². The van der Waals surface area contributed by atoms with Gasteiger partial charge in [-0.3, -0.25) is 0 Å². The first kappa shape index (κ1) is 12.1. The van der Waals surface area contributed by atoms with E-state index in [1.165, 1.54) is 0 Å². The van der Waals surface area contributed by atoms with Gasteiger partial charge in [0.15, 0.2) is 11.0 Å². The van der Waals surface area contributed by atoms with Crippen LogP contribution in [0.4, 0.5) is 11.5 Å². The molecule has 1 heterocycles. The van der Waals surface area contributed by atoms with Crippen molar-refractivity contribution in [1.82, 2.24) is 9.97 Å². The van der Waals surface area contributed by atoms with Crippen molar-refractivity contribution in [2.45, 2.75) is 32.3 Å². The summed E-state index contributed by atoms with van der Waals surface area (Å²) in [6.45, 7) is 6.89. The van der Waals surface area contributed by atoms with Crippen LogP contribution in [-0.2, 0) is 0 Å². The van der Waals surface area contributed by atoms with Crippen LogP contribution in [-0.4, -0.2) is 22.3 Å². The molecule has 0 aliphatic carbocycles. The van der Waals surface area contributed by atoms with Gasteiger partial charge >= 0.3 is 0 Å². The average Bonchev–Trinajstić information content (AvgIpc) is 2.22. The number of nitrogens with one attached hydrogen (secondary N) is 1. The molecule has 5 heteroatoms. The summed E-state index contributed by atoms with van der Waals surface area (Å²) < 4.78 is 0. The molecule has 0 aliphatic heterocycles. The molecule has 0 unspecified atom stereocenters. The molecule has 15 heavy (non-hydrogen) atoms. The quantitative estimate of drug-likeness (QED) is 0.596. The lowest BCUT2D eigenvalue weighted by atomic mass is 10.3. The first-order chi connectivity index (χ1) is 7.19. The fourth-order valence-corrected chi connectivity index (χ4v) is 1.86. The molecular formula is C10H18N4S. The minimum atomic E-state index is 0.651. The van der Waals surface area contributed by atoms with Gasteiger partial charge in [0.2, 0.25) is 0 Å². The molecular weight excluding hydrogens is 208 g/mol. The van der Waals surface area contributed by atoms with Crippen LogP contribution in [0, 0.1) is 6.92 Å². The maximum Gasteiger partial charge on any atom is 0.189 e. The molecule has 3 N–H and O–H groups in total. The predicted octanol–water partition coefficient (Wildman–Crippen LogP) is 2.30. The molecule has 0 saturated carbocycles. The Kier molecular flexibility index (Phi) is 4.68. The van der Waals surface area contributed by atoms with E-state index in [-0.39, 0.29) is 0 Å². The monoisotopic (exact) mass is 226 g/mol. The zero-order valence-corrected chi connectivity index (χ0v) is 10.3. The standard InChI is InChI=1S/C10H18N4S/c1-4-6-15-10-13-7(3)8(11)9(14-10)12-5-2/h4-6,11H2,1-3H3,(H,12,13,14). The number of thioether (sulfide) groups is 1. The summed E-state index contributed by atoms with van der Waals surface area (Å²) in [5, 5.41) is 3.95. The summed E-state index contributed by atoms with van der Waals surface area (Å²) in [6, 6.07) is 0. The van der Waals surface area contributed by atoms with Gasteiger partial charge in [-0.1, -0.05) is 18.7 Å². The van der Waals surface area contributed by atoms with Gasteiger partial charge in [-0.25, -0.2) is 9.97 Å². The van der Waals surface area contributed by atoms with Crippen LogP contribution in [0.2, 0.25) is 0 Å². The number of nitrogen functional groups attached to an aromatic ring is 1. The normalized spacial score (nSPS) is 10.3. The van der Waals surface area contributed by atoms with Crippen molar-refractivity contribution in [2.24, 2.45) is 0 Å². The summed E-state index contributed by atoms with van der Waals surface area (Å²) in [4.78, 5) is 8.72. The van der Waals surface area contributed by atoms with Crippen molar-refractivity contribution in [1.29, 1.82) is 0 Å². The maximum absolute atomic E-state index is 5.87. The maximum atomic E-state index is 5.87. The molecule has 1 rings (SSSR count). The van der Waals surface area contributed by atoms with Gasteiger partial charge < -0.3 is 11.1 Å². The number of anilines is 2. The van der Waals surface area contributed by atoms with E-state index in [2.05, 4.69) is 22.2 Å². The van der Waals surface area contributed by atoms with E-state index >= 15 is 0 Å². The molecule has 84 valence electrons. The van der Waals surface area contributed by atoms with Crippen LogP contribution in [0.5, 0.6) is 0 Å². The van der Waals surface area contributed by atoms with Gasteiger partial charge in [0.1, 0.15) is 0 Å². The molecule has 0 atom stereocenters. The van der Waals surface area contributed by atoms with Crippen LogP contribution in [0.25, 0.3) is 0 Å². The van der Waals surface area contributed by atoms with Crippen LogP contribution in [0.3, 0.4) is 0 Å². The summed E-state index contributed by atoms with van der Waals surface area (Å²) in [5.74, 6) is 1.79. The van der Waals surface area contributed by atoms with Crippen molar-refractivity contribution in [3.63, 3.8) is 0 Å². The molecule has 0 amide bonds. The first-order valence-corrected chi connectivity index (χ1v) is 6.18. The summed E-state index contributed by atoms with van der Waals surface area (Å²) in [7, 11) is 0. The van der Waals surface area contributed by atoms with Crippen molar-refractivity contribution in [3.05, 3.63) is 5.69 Å². The number of rotatable bonds is 5. The molecule has 0 spiro atoms. The van der Waals surface area contributed by atoms with E-state index in [0.29, 0.717) is 5.69 Å². The number of nitrogens with two attached hydrogens (primary N) is 1. The van der Waals surface area contributed by atoms with Crippen LogP contribution in [0.15, 0.2) is 5.16 Å². The van der Waals surface area contributed by atoms with Gasteiger partial charge in [-0.05, 0) is 20.3 Å². The van der Waals surface area contributed by atoms with E-state index in [0.717, 1.165) is 35.4 Å². The topological polar surface area (TPSA) is 63.8 Å². The second-order valence-electron chi connectivity index (χ2n) is 3.23. The Bertz CT molecular complexity index is 327. The first-order valence-electron chi connectivity index (χ1n) is 5.19. The number of hydrogen-bond donors (Lipinski definition) is 2. The lowest BCUT2D eigenvalue weighted by Crippen LogP contribution is -2.07. The third-order valence-electron chi connectivity index (χ3n) is 1.90. The molecule has 4 nitrogen and oxygen atoms in total. The molecule has 0 radical (unpaired) electrons. The van der Waals surface area contributed by atoms with Crippen molar-refractivity contribution >= 4 is 23.3 Å². The van der Waals surface area contributed by atoms with E-state index in [9.17, 15) is 0 Å². The van der Waals surface area contributed by atoms with Crippen LogP contribution < -0.4 is 11.1 Å². The third kappa shape index (κ3) is 3.27. The van der Waals surface area contributed by atoms with Gasteiger partial charge in [0.05, 0.1) is 11.4 Å². The zero-order valence-electron chi connectivity index (χ0n) is 9.50. The van der Waals surface area contributed by atoms with Gasteiger partial charge in [-0.2, -0.15) is 0 Å². The fraction of sp³-hybridized carbons (Fsp3) is 0.600. The molecule has 0 aromatic carbocycles. The Labute approximate surface area is 95.1 Å². The lowest BCUT2D eigenvalue weighted by molar-refractivity contribution is 0.929. The minimum absolute atomic E-state index is 0.651. The highest BCUT2D eigenvalue weighted by Gasteiger charge is 2.07. The highest BCUT2D eigenvalue weighted by molar-refractivity contribution is 7.99. The highest BCUT2D eigenvalue weighted by atomic mass is 32.2. The van der Waals surface area contributed by atoms with Crippen LogP contribution >= 0.6 is 11.8 Å². The van der Waals surface area contributed by atoms with Gasteiger partial charge in [0, 0.05) is 12.3 Å². The van der Waals surface area contributed by atoms with E-state index < -0.39 is 0 Å². The van der Waals surface area contributed by atoms with Gasteiger partial charge in [0.25, 0.3) is 0 Å². The molecule has 0 bridgehead atoms.